The van der Waals surface area contributed by atoms with Crippen LogP contribution in [-0.2, 0) is 12.8 Å². The average molecular weight is 307 g/mol. The van der Waals surface area contributed by atoms with E-state index in [1.807, 2.05) is 0 Å². The van der Waals surface area contributed by atoms with Gasteiger partial charge in [-0.3, -0.25) is 0 Å². The van der Waals surface area contributed by atoms with E-state index >= 15 is 0 Å². The van der Waals surface area contributed by atoms with Gasteiger partial charge >= 0.3 is 6.18 Å². The number of alkyl halides is 3. The fourth-order valence-electron chi connectivity index (χ4n) is 1.88. The quantitative estimate of drug-likeness (QED) is 0.778. The van der Waals surface area contributed by atoms with Crippen LogP contribution < -0.4 is 0 Å². The van der Waals surface area contributed by atoms with Crippen LogP contribution in [0.3, 0.4) is 0 Å². The van der Waals surface area contributed by atoms with Crippen molar-refractivity contribution < 1.29 is 18.3 Å². The van der Waals surface area contributed by atoms with Gasteiger partial charge in [-0.2, -0.15) is 13.2 Å². The number of halogens is 3. The van der Waals surface area contributed by atoms with Crippen LogP contribution in [0.4, 0.5) is 13.2 Å². The number of aliphatic hydroxyl groups is 1. The van der Waals surface area contributed by atoms with E-state index in [0.29, 0.717) is 4.90 Å². The number of thioether (sulfide) groups is 1. The van der Waals surface area contributed by atoms with Gasteiger partial charge in [-0.1, -0.05) is 19.9 Å². The third-order valence-electron chi connectivity index (χ3n) is 3.13. The third-order valence-corrected chi connectivity index (χ3v) is 4.10. The summed E-state index contributed by atoms with van der Waals surface area (Å²) in [6.07, 6.45) is -4.42. The predicted molar refractivity (Wildman–Crippen MR) is 75.9 cm³/mol. The SMILES string of the molecule is CCN(CC)CCSc1ccc(CO)c(C(F)(F)F)c1. The second-order valence-electron chi connectivity index (χ2n) is 4.35. The molecule has 0 saturated carbocycles. The zero-order valence-electron chi connectivity index (χ0n) is 11.7. The molecule has 0 atom stereocenters. The first-order valence-electron chi connectivity index (χ1n) is 6.58. The molecule has 6 heteroatoms. The van der Waals surface area contributed by atoms with Gasteiger partial charge in [0, 0.05) is 17.2 Å². The topological polar surface area (TPSA) is 23.5 Å². The number of aliphatic hydroxyl groups excluding tert-OH is 1. The standard InChI is InChI=1S/C14H20F3NOS/c1-3-18(4-2)7-8-20-12-6-5-11(10-19)13(9-12)14(15,16)17/h5-6,9,19H,3-4,7-8,10H2,1-2H3. The molecule has 0 bridgehead atoms. The van der Waals surface area contributed by atoms with Crippen molar-refractivity contribution in [1.82, 2.24) is 4.90 Å². The lowest BCUT2D eigenvalue weighted by molar-refractivity contribution is -0.138. The summed E-state index contributed by atoms with van der Waals surface area (Å²) in [6.45, 7) is 6.25. The zero-order valence-corrected chi connectivity index (χ0v) is 12.5. The van der Waals surface area contributed by atoms with Crippen molar-refractivity contribution in [3.8, 4) is 0 Å². The molecule has 0 aromatic heterocycles. The van der Waals surface area contributed by atoms with E-state index in [-0.39, 0.29) is 5.56 Å². The molecule has 0 unspecified atom stereocenters. The summed E-state index contributed by atoms with van der Waals surface area (Å²) in [6, 6.07) is 4.11. The molecule has 0 radical (unpaired) electrons. The first-order chi connectivity index (χ1) is 9.42. The minimum atomic E-state index is -4.42. The molecular formula is C14H20F3NOS. The summed E-state index contributed by atoms with van der Waals surface area (Å²) in [7, 11) is 0. The summed E-state index contributed by atoms with van der Waals surface area (Å²) in [5.41, 5.74) is -0.821. The first kappa shape index (κ1) is 17.3. The molecule has 1 aromatic rings. The normalized spacial score (nSPS) is 12.2. The van der Waals surface area contributed by atoms with Crippen molar-refractivity contribution in [2.24, 2.45) is 0 Å². The van der Waals surface area contributed by atoms with Crippen molar-refractivity contribution in [1.29, 1.82) is 0 Å². The van der Waals surface area contributed by atoms with Crippen LogP contribution in [0.15, 0.2) is 23.1 Å². The zero-order chi connectivity index (χ0) is 15.2. The van der Waals surface area contributed by atoms with E-state index in [0.717, 1.165) is 31.5 Å². The Labute approximate surface area is 122 Å². The van der Waals surface area contributed by atoms with Crippen LogP contribution >= 0.6 is 11.8 Å². The van der Waals surface area contributed by atoms with Crippen molar-refractivity contribution in [2.75, 3.05) is 25.4 Å². The molecule has 114 valence electrons. The lowest BCUT2D eigenvalue weighted by atomic mass is 10.1. The molecule has 0 amide bonds. The Bertz CT molecular complexity index is 419. The summed E-state index contributed by atoms with van der Waals surface area (Å²) in [5.74, 6) is 0.747. The number of benzene rings is 1. The van der Waals surface area contributed by atoms with Gasteiger partial charge < -0.3 is 10.0 Å². The van der Waals surface area contributed by atoms with Crippen LogP contribution in [0, 0.1) is 0 Å². The van der Waals surface area contributed by atoms with Gasteiger partial charge in [-0.05, 0) is 30.8 Å². The minimum Gasteiger partial charge on any atom is -0.392 e. The summed E-state index contributed by atoms with van der Waals surface area (Å²) >= 11 is 1.41. The molecule has 0 aliphatic heterocycles. The second-order valence-corrected chi connectivity index (χ2v) is 5.52. The first-order valence-corrected chi connectivity index (χ1v) is 7.57. The minimum absolute atomic E-state index is 0.0782. The highest BCUT2D eigenvalue weighted by Gasteiger charge is 2.33. The fourth-order valence-corrected chi connectivity index (χ4v) is 2.83. The maximum absolute atomic E-state index is 12.8. The van der Waals surface area contributed by atoms with Crippen molar-refractivity contribution in [3.63, 3.8) is 0 Å². The number of rotatable bonds is 7. The van der Waals surface area contributed by atoms with E-state index < -0.39 is 18.3 Å². The molecule has 2 nitrogen and oxygen atoms in total. The van der Waals surface area contributed by atoms with Crippen LogP contribution in [-0.4, -0.2) is 35.4 Å². The summed E-state index contributed by atoms with van der Waals surface area (Å²) < 4.78 is 38.5. The van der Waals surface area contributed by atoms with Gasteiger partial charge in [0.2, 0.25) is 0 Å². The molecule has 0 saturated heterocycles. The molecule has 1 rings (SSSR count). The second kappa shape index (κ2) is 7.90. The molecule has 0 fully saturated rings. The number of hydrogen-bond acceptors (Lipinski definition) is 3. The van der Waals surface area contributed by atoms with Gasteiger partial charge in [-0.15, -0.1) is 11.8 Å². The molecular weight excluding hydrogens is 287 g/mol. The lowest BCUT2D eigenvalue weighted by Gasteiger charge is -2.18. The van der Waals surface area contributed by atoms with Gasteiger partial charge in [0.15, 0.2) is 0 Å². The maximum atomic E-state index is 12.8. The molecule has 0 aliphatic rings. The Hall–Kier alpha value is -0.720. The molecule has 1 aromatic carbocycles. The highest BCUT2D eigenvalue weighted by Crippen LogP contribution is 2.34. The van der Waals surface area contributed by atoms with E-state index in [1.165, 1.54) is 17.8 Å². The Morgan fingerprint density at radius 1 is 1.20 bits per heavy atom. The molecule has 0 heterocycles. The molecule has 1 N–H and O–H groups in total. The Kier molecular flexibility index (Phi) is 6.85. The largest absolute Gasteiger partial charge is 0.416 e. The Morgan fingerprint density at radius 2 is 1.85 bits per heavy atom. The molecule has 20 heavy (non-hydrogen) atoms. The Balaban J connectivity index is 2.73. The van der Waals surface area contributed by atoms with E-state index in [2.05, 4.69) is 18.7 Å². The Morgan fingerprint density at radius 3 is 2.35 bits per heavy atom. The van der Waals surface area contributed by atoms with Gasteiger partial charge in [0.1, 0.15) is 0 Å². The maximum Gasteiger partial charge on any atom is 0.416 e. The molecule has 0 spiro atoms. The highest BCUT2D eigenvalue weighted by atomic mass is 32.2. The third kappa shape index (κ3) is 5.00. The van der Waals surface area contributed by atoms with E-state index in [1.54, 1.807) is 6.07 Å². The van der Waals surface area contributed by atoms with Gasteiger partial charge in [0.05, 0.1) is 12.2 Å². The van der Waals surface area contributed by atoms with Crippen molar-refractivity contribution in [2.45, 2.75) is 31.5 Å². The summed E-state index contributed by atoms with van der Waals surface area (Å²) in [5, 5.41) is 8.97. The van der Waals surface area contributed by atoms with Gasteiger partial charge in [0.25, 0.3) is 0 Å². The van der Waals surface area contributed by atoms with Crippen LogP contribution in [0.1, 0.15) is 25.0 Å². The van der Waals surface area contributed by atoms with Crippen molar-refractivity contribution >= 4 is 11.8 Å². The van der Waals surface area contributed by atoms with Crippen molar-refractivity contribution in [3.05, 3.63) is 29.3 Å². The fraction of sp³-hybridized carbons (Fsp3) is 0.571. The van der Waals surface area contributed by atoms with E-state index in [9.17, 15) is 13.2 Å². The molecule has 0 aliphatic carbocycles. The predicted octanol–water partition coefficient (Wildman–Crippen LogP) is 3.63. The number of nitrogens with zero attached hydrogens (tertiary/aromatic N) is 1. The smallest absolute Gasteiger partial charge is 0.392 e. The lowest BCUT2D eigenvalue weighted by Crippen LogP contribution is -2.25. The average Bonchev–Trinajstić information content (AvgIpc) is 2.42. The monoisotopic (exact) mass is 307 g/mol. The van der Waals surface area contributed by atoms with Crippen LogP contribution in [0.2, 0.25) is 0 Å². The summed E-state index contributed by atoms with van der Waals surface area (Å²) in [4.78, 5) is 2.81. The van der Waals surface area contributed by atoms with Crippen LogP contribution in [0.5, 0.6) is 0 Å². The van der Waals surface area contributed by atoms with E-state index in [4.69, 9.17) is 5.11 Å². The van der Waals surface area contributed by atoms with Gasteiger partial charge in [-0.25, -0.2) is 0 Å². The highest BCUT2D eigenvalue weighted by molar-refractivity contribution is 7.99. The van der Waals surface area contributed by atoms with Crippen LogP contribution in [0.25, 0.3) is 0 Å². The number of hydrogen-bond donors (Lipinski definition) is 1.